The lowest BCUT2D eigenvalue weighted by Crippen LogP contribution is -2.14. The maximum Gasteiger partial charge on any atom is 0.337 e. The largest absolute Gasteiger partial charge is 0.478 e. The number of nitrogens with zero attached hydrogens (tertiary/aromatic N) is 1. The van der Waals surface area contributed by atoms with Gasteiger partial charge in [0.05, 0.1) is 21.3 Å². The van der Waals surface area contributed by atoms with E-state index < -0.39 is 11.9 Å². The van der Waals surface area contributed by atoms with Crippen LogP contribution >= 0.6 is 23.2 Å². The van der Waals surface area contributed by atoms with Crippen molar-refractivity contribution in [3.63, 3.8) is 0 Å². The monoisotopic (exact) mass is 392 g/mol. The Hall–Kier alpha value is -2.50. The Morgan fingerprint density at radius 2 is 1.77 bits per heavy atom. The molecule has 0 aromatic heterocycles. The van der Waals surface area contributed by atoms with E-state index >= 15 is 0 Å². The number of hydrogen-bond donors (Lipinski definition) is 2. The topological polar surface area (TPSA) is 69.6 Å². The van der Waals surface area contributed by atoms with E-state index in [1.807, 2.05) is 14.1 Å². The van der Waals surface area contributed by atoms with Crippen molar-refractivity contribution < 1.29 is 14.7 Å². The maximum atomic E-state index is 12.3. The lowest BCUT2D eigenvalue weighted by Gasteiger charge is -2.15. The fourth-order valence-corrected chi connectivity index (χ4v) is 2.58. The number of carboxylic acids is 1. The first-order chi connectivity index (χ1) is 12.2. The van der Waals surface area contributed by atoms with Crippen LogP contribution in [0, 0.1) is 0 Å². The van der Waals surface area contributed by atoms with Gasteiger partial charge in [-0.1, -0.05) is 29.3 Å². The van der Waals surface area contributed by atoms with E-state index in [9.17, 15) is 14.7 Å². The minimum Gasteiger partial charge on any atom is -0.478 e. The molecule has 136 valence electrons. The van der Waals surface area contributed by atoms with Gasteiger partial charge in [0.2, 0.25) is 5.91 Å². The fraction of sp³-hybridized carbons (Fsp3) is 0.158. The Bertz CT molecular complexity index is 892. The molecule has 0 aliphatic heterocycles. The number of anilines is 2. The third-order valence-electron chi connectivity index (χ3n) is 3.73. The minimum absolute atomic E-state index is 0.0186. The van der Waals surface area contributed by atoms with Crippen LogP contribution in [0.4, 0.5) is 11.4 Å². The van der Waals surface area contributed by atoms with Crippen LogP contribution in [0.3, 0.4) is 0 Å². The van der Waals surface area contributed by atoms with Gasteiger partial charge in [-0.3, -0.25) is 4.79 Å². The molecule has 0 spiro atoms. The normalized spacial score (nSPS) is 11.2. The van der Waals surface area contributed by atoms with Crippen LogP contribution in [0.15, 0.2) is 42.5 Å². The van der Waals surface area contributed by atoms with Crippen LogP contribution in [-0.4, -0.2) is 31.1 Å². The minimum atomic E-state index is -1.12. The van der Waals surface area contributed by atoms with Gasteiger partial charge >= 0.3 is 5.97 Å². The number of benzene rings is 2. The van der Waals surface area contributed by atoms with E-state index in [-0.39, 0.29) is 11.3 Å². The van der Waals surface area contributed by atoms with Gasteiger partial charge in [-0.2, -0.15) is 0 Å². The van der Waals surface area contributed by atoms with Crippen molar-refractivity contribution in [2.75, 3.05) is 24.3 Å². The fourth-order valence-electron chi connectivity index (χ4n) is 2.29. The second-order valence-electron chi connectivity index (χ2n) is 5.87. The summed E-state index contributed by atoms with van der Waals surface area (Å²) in [5, 5.41) is 12.8. The zero-order valence-electron chi connectivity index (χ0n) is 14.5. The molecule has 0 aliphatic rings. The number of hydrogen-bond acceptors (Lipinski definition) is 3. The van der Waals surface area contributed by atoms with Crippen LogP contribution in [0.25, 0.3) is 5.57 Å². The third-order valence-corrected chi connectivity index (χ3v) is 4.47. The molecule has 0 aliphatic carbocycles. The van der Waals surface area contributed by atoms with Gasteiger partial charge in [-0.05, 0) is 48.4 Å². The molecule has 0 unspecified atom stereocenters. The molecular weight excluding hydrogens is 375 g/mol. The van der Waals surface area contributed by atoms with Gasteiger partial charge in [0, 0.05) is 25.9 Å². The van der Waals surface area contributed by atoms with Gasteiger partial charge in [0.25, 0.3) is 0 Å². The lowest BCUT2D eigenvalue weighted by atomic mass is 10.1. The molecule has 0 fully saturated rings. The van der Waals surface area contributed by atoms with Crippen molar-refractivity contribution in [2.24, 2.45) is 0 Å². The second kappa shape index (κ2) is 8.25. The molecule has 2 rings (SSSR count). The lowest BCUT2D eigenvalue weighted by molar-refractivity contribution is -0.111. The first-order valence-electron chi connectivity index (χ1n) is 7.68. The number of amides is 1. The molecule has 5 nitrogen and oxygen atoms in total. The highest BCUT2D eigenvalue weighted by molar-refractivity contribution is 6.42. The molecule has 2 aromatic carbocycles. The molecule has 0 bridgehead atoms. The Morgan fingerprint density at radius 1 is 1.08 bits per heavy atom. The Morgan fingerprint density at radius 3 is 2.35 bits per heavy atom. The summed E-state index contributed by atoms with van der Waals surface area (Å²) in [5.74, 6) is -1.55. The summed E-state index contributed by atoms with van der Waals surface area (Å²) in [4.78, 5) is 25.6. The number of aromatic carboxylic acids is 1. The summed E-state index contributed by atoms with van der Waals surface area (Å²) in [5.41, 5.74) is 2.39. The molecule has 7 heteroatoms. The van der Waals surface area contributed by atoms with Gasteiger partial charge in [-0.25, -0.2) is 4.79 Å². The quantitative estimate of drug-likeness (QED) is 0.716. The predicted octanol–water partition coefficient (Wildman–Crippen LogP) is 4.80. The van der Waals surface area contributed by atoms with Crippen molar-refractivity contribution in [2.45, 2.75) is 6.92 Å². The molecule has 0 saturated carbocycles. The average molecular weight is 393 g/mol. The van der Waals surface area contributed by atoms with Gasteiger partial charge in [0.15, 0.2) is 0 Å². The summed E-state index contributed by atoms with van der Waals surface area (Å²) in [6.07, 6.45) is 1.38. The first kappa shape index (κ1) is 19.8. The van der Waals surface area contributed by atoms with E-state index in [0.717, 1.165) is 11.3 Å². The molecule has 26 heavy (non-hydrogen) atoms. The number of nitrogens with one attached hydrogen (secondary N) is 1. The molecule has 0 radical (unpaired) electrons. The SMILES string of the molecule is CC(=CC(=O)Nc1ccc(N(C)C)cc1C(=O)O)c1ccc(Cl)c(Cl)c1. The van der Waals surface area contributed by atoms with E-state index in [1.54, 1.807) is 42.2 Å². The maximum absolute atomic E-state index is 12.3. The summed E-state index contributed by atoms with van der Waals surface area (Å²) < 4.78 is 0. The number of halogens is 2. The number of carboxylic acid groups (broad SMARTS) is 1. The van der Waals surface area contributed by atoms with Gasteiger partial charge in [-0.15, -0.1) is 0 Å². The van der Waals surface area contributed by atoms with Crippen molar-refractivity contribution in [1.29, 1.82) is 0 Å². The van der Waals surface area contributed by atoms with Gasteiger partial charge < -0.3 is 15.3 Å². The summed E-state index contributed by atoms with van der Waals surface area (Å²) >= 11 is 11.9. The van der Waals surface area contributed by atoms with E-state index in [2.05, 4.69) is 5.32 Å². The third kappa shape index (κ3) is 4.77. The van der Waals surface area contributed by atoms with E-state index in [4.69, 9.17) is 23.2 Å². The van der Waals surface area contributed by atoms with Crippen LogP contribution in [0.5, 0.6) is 0 Å². The van der Waals surface area contributed by atoms with Crippen LogP contribution < -0.4 is 10.2 Å². The Balaban J connectivity index is 2.26. The van der Waals surface area contributed by atoms with E-state index in [1.165, 1.54) is 12.1 Å². The standard InChI is InChI=1S/C19H18Cl2N2O3/c1-11(12-4-6-15(20)16(21)9-12)8-18(24)22-17-7-5-13(23(2)3)10-14(17)19(25)26/h4-10H,1-3H3,(H,22,24)(H,25,26). The molecule has 0 heterocycles. The highest BCUT2D eigenvalue weighted by Crippen LogP contribution is 2.26. The first-order valence-corrected chi connectivity index (χ1v) is 8.44. The van der Waals surface area contributed by atoms with Crippen LogP contribution in [-0.2, 0) is 4.79 Å². The van der Waals surface area contributed by atoms with Crippen molar-refractivity contribution in [1.82, 2.24) is 0 Å². The molecule has 1 amide bonds. The second-order valence-corrected chi connectivity index (χ2v) is 6.69. The summed E-state index contributed by atoms with van der Waals surface area (Å²) in [7, 11) is 3.62. The molecule has 0 saturated heterocycles. The van der Waals surface area contributed by atoms with Crippen molar-refractivity contribution >= 4 is 52.0 Å². The number of rotatable bonds is 5. The number of carbonyl (C=O) groups excluding carboxylic acids is 1. The molecule has 2 aromatic rings. The summed E-state index contributed by atoms with van der Waals surface area (Å²) in [6, 6.07) is 9.88. The van der Waals surface area contributed by atoms with Crippen molar-refractivity contribution in [3.05, 3.63) is 63.6 Å². The number of carbonyl (C=O) groups is 2. The Labute approximate surface area is 161 Å². The zero-order chi connectivity index (χ0) is 19.4. The van der Waals surface area contributed by atoms with Crippen molar-refractivity contribution in [3.8, 4) is 0 Å². The Kier molecular flexibility index (Phi) is 6.29. The van der Waals surface area contributed by atoms with Gasteiger partial charge in [0.1, 0.15) is 0 Å². The van der Waals surface area contributed by atoms with Crippen LogP contribution in [0.2, 0.25) is 10.0 Å². The zero-order valence-corrected chi connectivity index (χ0v) is 16.0. The summed E-state index contributed by atoms with van der Waals surface area (Å²) in [6.45, 7) is 1.76. The highest BCUT2D eigenvalue weighted by atomic mass is 35.5. The molecule has 0 atom stereocenters. The molecular formula is C19H18Cl2N2O3. The highest BCUT2D eigenvalue weighted by Gasteiger charge is 2.14. The average Bonchev–Trinajstić information content (AvgIpc) is 2.57. The predicted molar refractivity (Wildman–Crippen MR) is 106 cm³/mol. The van der Waals surface area contributed by atoms with E-state index in [0.29, 0.717) is 15.6 Å². The number of allylic oxidation sites excluding steroid dienone is 1. The smallest absolute Gasteiger partial charge is 0.337 e. The van der Waals surface area contributed by atoms with Crippen LogP contribution in [0.1, 0.15) is 22.8 Å². The molecule has 2 N–H and O–H groups in total.